The molecule has 5 rings (SSSR count). The zero-order valence-electron chi connectivity index (χ0n) is 24.7. The fraction of sp³-hybridized carbons (Fsp3) is 0.931. The lowest BCUT2D eigenvalue weighted by Gasteiger charge is -2.46. The summed E-state index contributed by atoms with van der Waals surface area (Å²) in [4.78, 5) is 33.4. The first kappa shape index (κ1) is 31.0. The van der Waals surface area contributed by atoms with Gasteiger partial charge in [0.1, 0.15) is 12.3 Å². The van der Waals surface area contributed by atoms with Gasteiger partial charge in [-0.25, -0.2) is 8.78 Å². The van der Waals surface area contributed by atoms with Gasteiger partial charge in [-0.1, -0.05) is 12.8 Å². The molecule has 0 aromatic heterocycles. The fourth-order valence-electron chi connectivity index (χ4n) is 8.37. The number of carbonyl (C=O) groups is 2. The van der Waals surface area contributed by atoms with Crippen LogP contribution in [0.4, 0.5) is 8.78 Å². The lowest BCUT2D eigenvalue weighted by Crippen LogP contribution is -2.68. The molecule has 4 heterocycles. The number of nitrogens with zero attached hydrogens (tertiary/aromatic N) is 3. The van der Waals surface area contributed by atoms with Crippen LogP contribution < -0.4 is 27.4 Å². The van der Waals surface area contributed by atoms with Crippen molar-refractivity contribution < 1.29 is 18.4 Å². The van der Waals surface area contributed by atoms with Crippen LogP contribution in [0.1, 0.15) is 51.4 Å². The van der Waals surface area contributed by atoms with Gasteiger partial charge in [-0.2, -0.15) is 0 Å². The molecule has 234 valence electrons. The van der Waals surface area contributed by atoms with Crippen molar-refractivity contribution in [3.63, 3.8) is 0 Å². The van der Waals surface area contributed by atoms with Gasteiger partial charge in [-0.3, -0.25) is 14.5 Å². The zero-order chi connectivity index (χ0) is 29.1. The van der Waals surface area contributed by atoms with E-state index in [1.54, 1.807) is 0 Å². The van der Waals surface area contributed by atoms with Crippen molar-refractivity contribution in [2.24, 2.45) is 28.7 Å². The molecule has 5 aliphatic rings. The molecular weight excluding hydrogens is 530 g/mol. The highest BCUT2D eigenvalue weighted by molar-refractivity contribution is 5.81. The molecule has 41 heavy (non-hydrogen) atoms. The van der Waals surface area contributed by atoms with Gasteiger partial charge >= 0.3 is 0 Å². The molecule has 1 saturated carbocycles. The number of piperazine rings is 1. The fourth-order valence-corrected chi connectivity index (χ4v) is 8.37. The maximum atomic E-state index is 15.5. The van der Waals surface area contributed by atoms with E-state index in [9.17, 15) is 14.0 Å². The predicted molar refractivity (Wildman–Crippen MR) is 154 cm³/mol. The molecule has 7 N–H and O–H groups in total. The highest BCUT2D eigenvalue weighted by Gasteiger charge is 2.50. The summed E-state index contributed by atoms with van der Waals surface area (Å²) >= 11 is 0. The van der Waals surface area contributed by atoms with Crippen LogP contribution in [0.15, 0.2) is 0 Å². The maximum absolute atomic E-state index is 15.5. The number of likely N-dealkylation sites (N-methyl/N-ethyl adjacent to an activating group) is 1. The first-order valence-corrected chi connectivity index (χ1v) is 15.9. The van der Waals surface area contributed by atoms with Gasteiger partial charge in [0.15, 0.2) is 0 Å². The minimum atomic E-state index is -1.16. The third kappa shape index (κ3) is 6.88. The number of nitrogens with one attached hydrogen (secondary N) is 3. The summed E-state index contributed by atoms with van der Waals surface area (Å²) in [6.07, 6.45) is 3.49. The Balaban J connectivity index is 1.24. The lowest BCUT2D eigenvalue weighted by atomic mass is 9.69. The second-order valence-electron chi connectivity index (χ2n) is 13.4. The molecule has 0 bridgehead atoms. The van der Waals surface area contributed by atoms with Crippen LogP contribution in [-0.4, -0.2) is 129 Å². The third-order valence-corrected chi connectivity index (χ3v) is 10.8. The molecule has 0 aromatic rings. The zero-order valence-corrected chi connectivity index (χ0v) is 24.7. The van der Waals surface area contributed by atoms with Crippen molar-refractivity contribution in [1.82, 2.24) is 30.7 Å². The molecule has 1 spiro atoms. The summed E-state index contributed by atoms with van der Waals surface area (Å²) in [5.74, 6) is -0.847. The monoisotopic (exact) mass is 582 g/mol. The maximum Gasteiger partial charge on any atom is 0.227 e. The number of carbonyl (C=O) groups excluding carboxylic acids is 2. The number of likely N-dealkylation sites (tertiary alicyclic amines) is 1. The van der Waals surface area contributed by atoms with Crippen LogP contribution in [0.2, 0.25) is 0 Å². The molecule has 6 unspecified atom stereocenters. The topological polar surface area (TPSA) is 132 Å². The second-order valence-corrected chi connectivity index (χ2v) is 13.4. The third-order valence-electron chi connectivity index (χ3n) is 10.8. The Bertz CT molecular complexity index is 890. The van der Waals surface area contributed by atoms with E-state index >= 15 is 4.39 Å². The number of nitrogens with two attached hydrogens (primary N) is 2. The smallest absolute Gasteiger partial charge is 0.227 e. The van der Waals surface area contributed by atoms with Crippen molar-refractivity contribution in [2.45, 2.75) is 88.0 Å². The van der Waals surface area contributed by atoms with Crippen LogP contribution in [-0.2, 0) is 9.59 Å². The number of amides is 2. The predicted octanol–water partition coefficient (Wildman–Crippen LogP) is -0.223. The quantitative estimate of drug-likeness (QED) is 0.272. The molecule has 10 nitrogen and oxygen atoms in total. The van der Waals surface area contributed by atoms with Gasteiger partial charge in [0, 0.05) is 57.8 Å². The van der Waals surface area contributed by atoms with Crippen LogP contribution in [0.25, 0.3) is 0 Å². The average Bonchev–Trinajstić information content (AvgIpc) is 3.38. The van der Waals surface area contributed by atoms with Crippen molar-refractivity contribution >= 4 is 11.8 Å². The average molecular weight is 583 g/mol. The Morgan fingerprint density at radius 3 is 2.27 bits per heavy atom. The molecule has 1 aliphatic carbocycles. The molecule has 4 aliphatic heterocycles. The molecule has 0 aromatic carbocycles. The Morgan fingerprint density at radius 2 is 1.61 bits per heavy atom. The van der Waals surface area contributed by atoms with E-state index in [0.717, 1.165) is 51.9 Å². The van der Waals surface area contributed by atoms with Crippen LogP contribution >= 0.6 is 0 Å². The molecule has 2 amide bonds. The number of hydrogen-bond acceptors (Lipinski definition) is 8. The highest BCUT2D eigenvalue weighted by Crippen LogP contribution is 2.48. The summed E-state index contributed by atoms with van der Waals surface area (Å²) < 4.78 is 30.0. The van der Waals surface area contributed by atoms with Gasteiger partial charge in [-0.05, 0) is 64.1 Å². The summed E-state index contributed by atoms with van der Waals surface area (Å²) in [7, 11) is 2.07. The van der Waals surface area contributed by atoms with Gasteiger partial charge < -0.3 is 37.2 Å². The van der Waals surface area contributed by atoms with E-state index in [1.165, 1.54) is 0 Å². The molecule has 5 fully saturated rings. The largest absolute Gasteiger partial charge is 0.350 e. The van der Waals surface area contributed by atoms with Crippen LogP contribution in [0, 0.1) is 17.3 Å². The summed E-state index contributed by atoms with van der Waals surface area (Å²) in [6.45, 7) is 5.40. The normalized spacial score (nSPS) is 35.0. The number of alkyl halides is 2. The number of rotatable bonds is 6. The summed E-state index contributed by atoms with van der Waals surface area (Å²) in [6, 6.07) is -1.28. The molecule has 4 saturated heterocycles. The number of piperidine rings is 2. The summed E-state index contributed by atoms with van der Waals surface area (Å²) in [5, 5.41) is 9.64. The minimum Gasteiger partial charge on any atom is -0.350 e. The van der Waals surface area contributed by atoms with E-state index in [2.05, 4.69) is 32.8 Å². The van der Waals surface area contributed by atoms with Crippen LogP contribution in [0.3, 0.4) is 0 Å². The lowest BCUT2D eigenvalue weighted by molar-refractivity contribution is -0.139. The first-order valence-electron chi connectivity index (χ1n) is 15.9. The van der Waals surface area contributed by atoms with E-state index in [4.69, 9.17) is 11.5 Å². The molecule has 12 heteroatoms. The standard InChI is InChI=1S/C29H52F2N8O2/c1-37-12-14-39(15-13-37)28(41)19-5-10-38(11-6-19)24-21(31)17-34-18-22(24)36-27(40)23(26(32)33)25-29(7-2-3-8-29)9-4-20(30)16-35-25/h19-26,34-35H,2-18,32-33H2,1H3,(H,36,40). The number of halogens is 2. The molecular formula is C29H52F2N8O2. The van der Waals surface area contributed by atoms with E-state index < -0.39 is 36.5 Å². The Labute approximate surface area is 243 Å². The SMILES string of the molecule is CN1CCN(C(=O)C2CCN(C3C(F)CNCC3NC(=O)C(C(N)N)C3NCC(F)CCC34CCCC4)CC2)CC1. The van der Waals surface area contributed by atoms with Crippen molar-refractivity contribution in [2.75, 3.05) is 66.0 Å². The Hall–Kier alpha value is -1.44. The highest BCUT2D eigenvalue weighted by atomic mass is 19.1. The van der Waals surface area contributed by atoms with Crippen LogP contribution in [0.5, 0.6) is 0 Å². The van der Waals surface area contributed by atoms with E-state index in [-0.39, 0.29) is 42.3 Å². The number of hydrogen-bond donors (Lipinski definition) is 5. The van der Waals surface area contributed by atoms with Gasteiger partial charge in [-0.15, -0.1) is 0 Å². The Morgan fingerprint density at radius 1 is 0.927 bits per heavy atom. The van der Waals surface area contributed by atoms with Gasteiger partial charge in [0.2, 0.25) is 11.8 Å². The first-order chi connectivity index (χ1) is 19.7. The van der Waals surface area contributed by atoms with Crippen molar-refractivity contribution in [3.8, 4) is 0 Å². The molecule has 0 radical (unpaired) electrons. The summed E-state index contributed by atoms with van der Waals surface area (Å²) in [5.41, 5.74) is 12.3. The Kier molecular flexibility index (Phi) is 10.2. The van der Waals surface area contributed by atoms with E-state index in [0.29, 0.717) is 45.3 Å². The van der Waals surface area contributed by atoms with Gasteiger partial charge in [0.05, 0.1) is 24.2 Å². The minimum absolute atomic E-state index is 0.0367. The molecule has 6 atom stereocenters. The van der Waals surface area contributed by atoms with Crippen molar-refractivity contribution in [3.05, 3.63) is 0 Å². The van der Waals surface area contributed by atoms with E-state index in [1.807, 2.05) is 4.90 Å². The van der Waals surface area contributed by atoms with Crippen molar-refractivity contribution in [1.29, 1.82) is 0 Å². The van der Waals surface area contributed by atoms with Gasteiger partial charge in [0.25, 0.3) is 0 Å². The second kappa shape index (κ2) is 13.5.